The molecule has 36 heavy (non-hydrogen) atoms. The van der Waals surface area contributed by atoms with E-state index in [1.54, 1.807) is 0 Å². The van der Waals surface area contributed by atoms with Crippen LogP contribution in [-0.2, 0) is 10.0 Å². The Bertz CT molecular complexity index is 1470. The molecule has 186 valence electrons. The van der Waals surface area contributed by atoms with Gasteiger partial charge in [-0.2, -0.15) is 5.10 Å². The smallest absolute Gasteiger partial charge is 0.406 e. The number of anilines is 3. The average molecular weight is 519 g/mol. The molecule has 0 aliphatic heterocycles. The lowest BCUT2D eigenvalue weighted by Crippen LogP contribution is -2.17. The summed E-state index contributed by atoms with van der Waals surface area (Å²) in [5, 5.41) is 9.66. The number of carbonyl (C=O) groups is 1. The molecule has 1 amide bonds. The van der Waals surface area contributed by atoms with Gasteiger partial charge in [0.25, 0.3) is 15.9 Å². The molecule has 2 heterocycles. The molecule has 0 unspecified atom stereocenters. The maximum Gasteiger partial charge on any atom is 0.573 e. The van der Waals surface area contributed by atoms with Gasteiger partial charge in [0.15, 0.2) is 0 Å². The second-order valence-corrected chi connectivity index (χ2v) is 8.79. The SMILES string of the molecule is NC(=O)c1c(-c2ccc(NS(=O)(=O)c3ccc(OC(F)(F)F)cc3)cc2)n[nH]c1Nc1cnccn1. The molecule has 4 rings (SSSR count). The van der Waals surface area contributed by atoms with Crippen LogP contribution in [0.5, 0.6) is 5.75 Å². The van der Waals surface area contributed by atoms with Gasteiger partial charge < -0.3 is 15.8 Å². The van der Waals surface area contributed by atoms with Gasteiger partial charge in [0.1, 0.15) is 28.6 Å². The van der Waals surface area contributed by atoms with Crippen molar-refractivity contribution in [2.75, 3.05) is 10.0 Å². The van der Waals surface area contributed by atoms with E-state index in [4.69, 9.17) is 5.73 Å². The van der Waals surface area contributed by atoms with Crippen LogP contribution >= 0.6 is 0 Å². The standard InChI is InChI=1S/C21H16F3N7O4S/c22-21(23,24)35-14-5-7-15(8-6-14)36(33,34)31-13-3-1-12(2-4-13)18-17(19(25)32)20(30-29-18)28-16-11-26-9-10-27-16/h1-11,31H,(H2,25,32)(H2,27,28,29,30). The zero-order valence-corrected chi connectivity index (χ0v) is 18.8. The number of alkyl halides is 3. The van der Waals surface area contributed by atoms with Crippen LogP contribution in [0, 0.1) is 0 Å². The molecule has 4 aromatic rings. The van der Waals surface area contributed by atoms with E-state index in [2.05, 4.69) is 34.9 Å². The normalized spacial score (nSPS) is 11.6. The van der Waals surface area contributed by atoms with E-state index in [0.29, 0.717) is 11.4 Å². The Kier molecular flexibility index (Phi) is 6.48. The Hall–Kier alpha value is -4.66. The summed E-state index contributed by atoms with van der Waals surface area (Å²) in [6.07, 6.45) is -0.529. The maximum absolute atomic E-state index is 12.6. The topological polar surface area (TPSA) is 165 Å². The highest BCUT2D eigenvalue weighted by Crippen LogP contribution is 2.30. The summed E-state index contributed by atoms with van der Waals surface area (Å²) in [6.45, 7) is 0. The van der Waals surface area contributed by atoms with Gasteiger partial charge in [-0.1, -0.05) is 12.1 Å². The monoisotopic (exact) mass is 519 g/mol. The largest absolute Gasteiger partial charge is 0.573 e. The van der Waals surface area contributed by atoms with E-state index >= 15 is 0 Å². The summed E-state index contributed by atoms with van der Waals surface area (Å²) < 4.78 is 68.1. The van der Waals surface area contributed by atoms with E-state index in [1.165, 1.54) is 42.9 Å². The van der Waals surface area contributed by atoms with Crippen molar-refractivity contribution >= 4 is 33.3 Å². The lowest BCUT2D eigenvalue weighted by atomic mass is 10.1. The number of primary amides is 1. The molecule has 0 bridgehead atoms. The zero-order valence-electron chi connectivity index (χ0n) is 17.9. The number of amides is 1. The van der Waals surface area contributed by atoms with Gasteiger partial charge in [-0.15, -0.1) is 13.2 Å². The number of ether oxygens (including phenoxy) is 1. The molecule has 0 radical (unpaired) electrons. The fourth-order valence-corrected chi connectivity index (χ4v) is 4.16. The van der Waals surface area contributed by atoms with Crippen LogP contribution < -0.4 is 20.5 Å². The molecule has 0 atom stereocenters. The number of nitrogens with one attached hydrogen (secondary N) is 3. The molecular weight excluding hydrogens is 503 g/mol. The van der Waals surface area contributed by atoms with E-state index in [9.17, 15) is 26.4 Å². The van der Waals surface area contributed by atoms with E-state index < -0.39 is 28.0 Å². The highest BCUT2D eigenvalue weighted by Gasteiger charge is 2.31. The van der Waals surface area contributed by atoms with Gasteiger partial charge in [-0.05, 0) is 36.4 Å². The molecule has 5 N–H and O–H groups in total. The Morgan fingerprint density at radius 2 is 1.72 bits per heavy atom. The van der Waals surface area contributed by atoms with Gasteiger partial charge in [0, 0.05) is 23.6 Å². The number of sulfonamides is 1. The number of hydrogen-bond acceptors (Lipinski definition) is 8. The van der Waals surface area contributed by atoms with E-state index in [-0.39, 0.29) is 27.7 Å². The Morgan fingerprint density at radius 1 is 1.03 bits per heavy atom. The number of nitrogens with zero attached hydrogens (tertiary/aromatic N) is 3. The molecule has 0 saturated heterocycles. The van der Waals surface area contributed by atoms with Crippen LogP contribution in [0.1, 0.15) is 10.4 Å². The molecule has 2 aromatic carbocycles. The van der Waals surface area contributed by atoms with Gasteiger partial charge >= 0.3 is 6.36 Å². The molecular formula is C21H16F3N7O4S. The molecule has 15 heteroatoms. The summed E-state index contributed by atoms with van der Waals surface area (Å²) in [7, 11) is -4.11. The average Bonchev–Trinajstić information content (AvgIpc) is 3.23. The van der Waals surface area contributed by atoms with Crippen LogP contribution in [0.4, 0.5) is 30.5 Å². The van der Waals surface area contributed by atoms with Crippen molar-refractivity contribution < 1.29 is 31.1 Å². The van der Waals surface area contributed by atoms with Crippen LogP contribution in [0.2, 0.25) is 0 Å². The number of H-pyrrole nitrogens is 1. The number of nitrogens with two attached hydrogens (primary N) is 1. The fourth-order valence-electron chi connectivity index (χ4n) is 3.10. The quantitative estimate of drug-likeness (QED) is 0.275. The molecule has 2 aromatic heterocycles. The van der Waals surface area contributed by atoms with Crippen LogP contribution in [0.3, 0.4) is 0 Å². The van der Waals surface area contributed by atoms with Gasteiger partial charge in [-0.25, -0.2) is 13.4 Å². The zero-order chi connectivity index (χ0) is 25.9. The van der Waals surface area contributed by atoms with E-state index in [1.807, 2.05) is 0 Å². The van der Waals surface area contributed by atoms with Crippen LogP contribution in [0.15, 0.2) is 72.0 Å². The van der Waals surface area contributed by atoms with Crippen molar-refractivity contribution in [2.24, 2.45) is 5.73 Å². The van der Waals surface area contributed by atoms with Crippen molar-refractivity contribution in [1.29, 1.82) is 0 Å². The van der Waals surface area contributed by atoms with Crippen molar-refractivity contribution in [2.45, 2.75) is 11.3 Å². The lowest BCUT2D eigenvalue weighted by molar-refractivity contribution is -0.274. The second kappa shape index (κ2) is 9.53. The summed E-state index contributed by atoms with van der Waals surface area (Å²) in [5.41, 5.74) is 6.40. The first kappa shape index (κ1) is 24.5. The van der Waals surface area contributed by atoms with Crippen LogP contribution in [0.25, 0.3) is 11.3 Å². The molecule has 11 nitrogen and oxygen atoms in total. The third-order valence-electron chi connectivity index (χ3n) is 4.61. The Morgan fingerprint density at radius 3 is 2.31 bits per heavy atom. The first-order chi connectivity index (χ1) is 17.0. The van der Waals surface area contributed by atoms with E-state index in [0.717, 1.165) is 24.3 Å². The number of aromatic amines is 1. The second-order valence-electron chi connectivity index (χ2n) is 7.10. The number of benzene rings is 2. The van der Waals surface area contributed by atoms with Crippen molar-refractivity contribution in [3.63, 3.8) is 0 Å². The highest BCUT2D eigenvalue weighted by molar-refractivity contribution is 7.92. The molecule has 0 fully saturated rings. The molecule has 0 aliphatic carbocycles. The minimum absolute atomic E-state index is 0.0511. The van der Waals surface area contributed by atoms with Gasteiger partial charge in [-0.3, -0.25) is 19.6 Å². The Balaban J connectivity index is 1.53. The summed E-state index contributed by atoms with van der Waals surface area (Å²) in [6, 6.07) is 9.59. The Labute approximate surface area is 201 Å². The first-order valence-corrected chi connectivity index (χ1v) is 11.4. The van der Waals surface area contributed by atoms with Gasteiger partial charge in [0.2, 0.25) is 0 Å². The summed E-state index contributed by atoms with van der Waals surface area (Å²) in [5.74, 6) is -0.783. The molecule has 0 aliphatic rings. The number of rotatable bonds is 8. The third-order valence-corrected chi connectivity index (χ3v) is 6.00. The molecule has 0 saturated carbocycles. The third kappa shape index (κ3) is 5.69. The number of hydrogen-bond donors (Lipinski definition) is 4. The van der Waals surface area contributed by atoms with Crippen LogP contribution in [-0.4, -0.2) is 40.9 Å². The van der Waals surface area contributed by atoms with Crippen molar-refractivity contribution in [1.82, 2.24) is 20.2 Å². The van der Waals surface area contributed by atoms with Crippen molar-refractivity contribution in [3.05, 3.63) is 72.7 Å². The van der Waals surface area contributed by atoms with Gasteiger partial charge in [0.05, 0.1) is 11.1 Å². The number of halogens is 3. The summed E-state index contributed by atoms with van der Waals surface area (Å²) >= 11 is 0. The predicted molar refractivity (Wildman–Crippen MR) is 122 cm³/mol. The first-order valence-electron chi connectivity index (χ1n) is 9.92. The minimum Gasteiger partial charge on any atom is -0.406 e. The number of aromatic nitrogens is 4. The maximum atomic E-state index is 12.6. The van der Waals surface area contributed by atoms with Crippen molar-refractivity contribution in [3.8, 4) is 17.0 Å². The lowest BCUT2D eigenvalue weighted by Gasteiger charge is -2.11. The fraction of sp³-hybridized carbons (Fsp3) is 0.0476. The molecule has 0 spiro atoms. The summed E-state index contributed by atoms with van der Waals surface area (Å²) in [4.78, 5) is 19.8. The number of carbonyl (C=O) groups excluding carboxylic acids is 1. The highest BCUT2D eigenvalue weighted by atomic mass is 32.2. The predicted octanol–water partition coefficient (Wildman–Crippen LogP) is 3.41. The minimum atomic E-state index is -4.89.